The van der Waals surface area contributed by atoms with Gasteiger partial charge in [-0.1, -0.05) is 60.7 Å². The Balaban J connectivity index is 1.42. The molecular formula is C38H28F4N2O3. The maximum Gasteiger partial charge on any atom is 0.416 e. The SMILES string of the molecule is C[C@H](NC(=O)c1cc(-c2cc(F)cc(C(F)(F)F)c2)cc2ccn(Cc3cccc(-c4ccccc4)c3)c12)c1ccc(C(=O)O)cc1. The minimum atomic E-state index is -4.76. The van der Waals surface area contributed by atoms with Crippen LogP contribution >= 0.6 is 0 Å². The average Bonchev–Trinajstić information content (AvgIpc) is 3.46. The number of carboxylic acids is 1. The van der Waals surface area contributed by atoms with Crippen molar-refractivity contribution in [2.45, 2.75) is 25.7 Å². The summed E-state index contributed by atoms with van der Waals surface area (Å²) in [5.74, 6) is -2.62. The summed E-state index contributed by atoms with van der Waals surface area (Å²) in [5.41, 5.74) is 3.63. The van der Waals surface area contributed by atoms with Crippen molar-refractivity contribution in [2.24, 2.45) is 0 Å². The van der Waals surface area contributed by atoms with Gasteiger partial charge in [0, 0.05) is 18.1 Å². The largest absolute Gasteiger partial charge is 0.478 e. The summed E-state index contributed by atoms with van der Waals surface area (Å²) in [6.07, 6.45) is -2.95. The third-order valence-electron chi connectivity index (χ3n) is 8.06. The second-order valence-corrected chi connectivity index (χ2v) is 11.3. The number of hydrogen-bond donors (Lipinski definition) is 2. The van der Waals surface area contributed by atoms with Crippen LogP contribution in [0.5, 0.6) is 0 Å². The molecule has 236 valence electrons. The first-order chi connectivity index (χ1) is 22.5. The van der Waals surface area contributed by atoms with Gasteiger partial charge in [-0.3, -0.25) is 4.79 Å². The number of hydrogen-bond acceptors (Lipinski definition) is 2. The molecule has 1 aromatic heterocycles. The number of halogens is 4. The van der Waals surface area contributed by atoms with E-state index in [4.69, 9.17) is 0 Å². The van der Waals surface area contributed by atoms with E-state index in [-0.39, 0.29) is 22.3 Å². The maximum absolute atomic E-state index is 14.4. The molecule has 0 spiro atoms. The Morgan fingerprint density at radius 3 is 2.19 bits per heavy atom. The lowest BCUT2D eigenvalue weighted by molar-refractivity contribution is -0.137. The van der Waals surface area contributed by atoms with Crippen molar-refractivity contribution < 1.29 is 32.3 Å². The van der Waals surface area contributed by atoms with Crippen molar-refractivity contribution in [2.75, 3.05) is 0 Å². The van der Waals surface area contributed by atoms with Gasteiger partial charge in [0.15, 0.2) is 0 Å². The fraction of sp³-hybridized carbons (Fsp3) is 0.105. The molecule has 0 aliphatic heterocycles. The molecule has 5 nitrogen and oxygen atoms in total. The molecule has 0 saturated carbocycles. The highest BCUT2D eigenvalue weighted by Gasteiger charge is 2.31. The number of nitrogens with one attached hydrogen (secondary N) is 1. The van der Waals surface area contributed by atoms with Gasteiger partial charge in [0.1, 0.15) is 5.82 Å². The smallest absolute Gasteiger partial charge is 0.416 e. The molecule has 0 fully saturated rings. The first kappa shape index (κ1) is 31.3. The number of amides is 1. The lowest BCUT2D eigenvalue weighted by Crippen LogP contribution is -2.27. The van der Waals surface area contributed by atoms with Crippen molar-refractivity contribution >= 4 is 22.8 Å². The number of carbonyl (C=O) groups is 2. The lowest BCUT2D eigenvalue weighted by atomic mass is 9.97. The normalized spacial score (nSPS) is 12.2. The van der Waals surface area contributed by atoms with Gasteiger partial charge in [-0.05, 0) is 94.9 Å². The van der Waals surface area contributed by atoms with E-state index in [2.05, 4.69) is 11.4 Å². The van der Waals surface area contributed by atoms with Gasteiger partial charge >= 0.3 is 12.1 Å². The average molecular weight is 637 g/mol. The first-order valence-electron chi connectivity index (χ1n) is 14.8. The van der Waals surface area contributed by atoms with E-state index in [0.29, 0.717) is 29.1 Å². The van der Waals surface area contributed by atoms with Crippen molar-refractivity contribution in [3.63, 3.8) is 0 Å². The van der Waals surface area contributed by atoms with Gasteiger partial charge in [0.05, 0.1) is 28.2 Å². The standard InChI is InChI=1S/C38H28F4N2O3/c1-23(25-10-12-27(13-11-25)37(46)47)43-36(45)34-20-30(31-18-32(38(40,41)42)21-33(39)19-31)17-29-14-15-44(35(29)34)22-24-6-5-9-28(16-24)26-7-3-2-4-8-26/h2-21,23H,22H2,1H3,(H,43,45)(H,46,47)/t23-/m0/s1. The van der Waals surface area contributed by atoms with Crippen LogP contribution in [-0.4, -0.2) is 21.6 Å². The molecular weight excluding hydrogens is 608 g/mol. The van der Waals surface area contributed by atoms with Crippen LogP contribution in [0.15, 0.2) is 121 Å². The molecule has 0 bridgehead atoms. The molecule has 0 saturated heterocycles. The van der Waals surface area contributed by atoms with Crippen LogP contribution in [0.1, 0.15) is 50.4 Å². The monoisotopic (exact) mass is 636 g/mol. The zero-order chi connectivity index (χ0) is 33.3. The zero-order valence-electron chi connectivity index (χ0n) is 25.1. The van der Waals surface area contributed by atoms with Gasteiger partial charge in [-0.15, -0.1) is 0 Å². The van der Waals surface area contributed by atoms with E-state index >= 15 is 0 Å². The second kappa shape index (κ2) is 12.6. The summed E-state index contributed by atoms with van der Waals surface area (Å²) in [7, 11) is 0. The summed E-state index contributed by atoms with van der Waals surface area (Å²) < 4.78 is 57.1. The lowest BCUT2D eigenvalue weighted by Gasteiger charge is -2.18. The molecule has 1 amide bonds. The van der Waals surface area contributed by atoms with E-state index in [0.717, 1.165) is 28.8 Å². The van der Waals surface area contributed by atoms with Crippen LogP contribution in [0, 0.1) is 5.82 Å². The van der Waals surface area contributed by atoms with Crippen molar-refractivity contribution in [3.05, 3.63) is 155 Å². The van der Waals surface area contributed by atoms with E-state index < -0.39 is 35.5 Å². The third-order valence-corrected chi connectivity index (χ3v) is 8.06. The van der Waals surface area contributed by atoms with Crippen LogP contribution in [0.3, 0.4) is 0 Å². The maximum atomic E-state index is 14.4. The summed E-state index contributed by atoms with van der Waals surface area (Å²) >= 11 is 0. The summed E-state index contributed by atoms with van der Waals surface area (Å²) in [6, 6.07) is 30.6. The van der Waals surface area contributed by atoms with Crippen LogP contribution in [0.2, 0.25) is 0 Å². The van der Waals surface area contributed by atoms with Crippen molar-refractivity contribution in [3.8, 4) is 22.3 Å². The molecule has 1 heterocycles. The molecule has 47 heavy (non-hydrogen) atoms. The van der Waals surface area contributed by atoms with Crippen LogP contribution < -0.4 is 5.32 Å². The Hall–Kier alpha value is -5.70. The predicted molar refractivity (Wildman–Crippen MR) is 173 cm³/mol. The third kappa shape index (κ3) is 6.79. The molecule has 2 N–H and O–H groups in total. The van der Waals surface area contributed by atoms with Crippen molar-refractivity contribution in [1.82, 2.24) is 9.88 Å². The molecule has 5 aromatic carbocycles. The molecule has 0 aliphatic carbocycles. The topological polar surface area (TPSA) is 71.3 Å². The Bertz CT molecular complexity index is 2100. The van der Waals surface area contributed by atoms with Gasteiger partial charge in [-0.25, -0.2) is 9.18 Å². The molecule has 0 aliphatic rings. The number of carboxylic acid groups (broad SMARTS) is 1. The number of nitrogens with zero attached hydrogens (tertiary/aromatic N) is 1. The van der Waals surface area contributed by atoms with E-state index in [9.17, 15) is 32.3 Å². The summed E-state index contributed by atoms with van der Waals surface area (Å²) in [5, 5.41) is 12.8. The number of aromatic carboxylic acids is 1. The van der Waals surface area contributed by atoms with E-state index in [1.807, 2.05) is 53.1 Å². The fourth-order valence-corrected chi connectivity index (χ4v) is 5.69. The Kier molecular flexibility index (Phi) is 8.38. The van der Waals surface area contributed by atoms with Gasteiger partial charge < -0.3 is 15.0 Å². The van der Waals surface area contributed by atoms with Crippen LogP contribution in [0.4, 0.5) is 17.6 Å². The van der Waals surface area contributed by atoms with Crippen molar-refractivity contribution in [1.29, 1.82) is 0 Å². The summed E-state index contributed by atoms with van der Waals surface area (Å²) in [6.45, 7) is 2.14. The predicted octanol–water partition coefficient (Wildman–Crippen LogP) is 9.37. The Morgan fingerprint density at radius 1 is 0.787 bits per heavy atom. The highest BCUT2D eigenvalue weighted by molar-refractivity contribution is 6.08. The Morgan fingerprint density at radius 2 is 1.49 bits per heavy atom. The number of aromatic nitrogens is 1. The molecule has 0 unspecified atom stereocenters. The van der Waals surface area contributed by atoms with Gasteiger partial charge in [0.25, 0.3) is 5.91 Å². The first-order valence-corrected chi connectivity index (χ1v) is 14.8. The Labute approximate surface area is 267 Å². The van der Waals surface area contributed by atoms with Gasteiger partial charge in [-0.2, -0.15) is 13.2 Å². The highest BCUT2D eigenvalue weighted by atomic mass is 19.4. The van der Waals surface area contributed by atoms with E-state index in [1.165, 1.54) is 18.2 Å². The fourth-order valence-electron chi connectivity index (χ4n) is 5.69. The number of alkyl halides is 3. The highest BCUT2D eigenvalue weighted by Crippen LogP contribution is 2.35. The van der Waals surface area contributed by atoms with E-state index in [1.54, 1.807) is 37.4 Å². The number of benzene rings is 5. The number of carbonyl (C=O) groups excluding carboxylic acids is 1. The minimum absolute atomic E-state index is 0.0195. The number of fused-ring (bicyclic) bond motifs is 1. The molecule has 9 heteroatoms. The summed E-state index contributed by atoms with van der Waals surface area (Å²) in [4.78, 5) is 25.2. The zero-order valence-corrected chi connectivity index (χ0v) is 25.1. The molecule has 6 aromatic rings. The second-order valence-electron chi connectivity index (χ2n) is 11.3. The quantitative estimate of drug-likeness (QED) is 0.164. The molecule has 6 rings (SSSR count). The molecule has 1 atom stereocenters. The number of rotatable bonds is 8. The minimum Gasteiger partial charge on any atom is -0.478 e. The van der Waals surface area contributed by atoms with Gasteiger partial charge in [0.2, 0.25) is 0 Å². The molecule has 0 radical (unpaired) electrons. The van der Waals surface area contributed by atoms with Crippen LogP contribution in [-0.2, 0) is 12.7 Å². The van der Waals surface area contributed by atoms with Crippen LogP contribution in [0.25, 0.3) is 33.2 Å².